The average Bonchev–Trinajstić information content (AvgIpc) is 2.79. The van der Waals surface area contributed by atoms with Crippen molar-refractivity contribution in [3.8, 4) is 0 Å². The number of amides is 1. The van der Waals surface area contributed by atoms with Crippen molar-refractivity contribution >= 4 is 17.3 Å². The summed E-state index contributed by atoms with van der Waals surface area (Å²) in [7, 11) is 0. The molecule has 0 aliphatic rings. The molecule has 0 aliphatic heterocycles. The summed E-state index contributed by atoms with van der Waals surface area (Å²) in [5, 5.41) is 20.9. The van der Waals surface area contributed by atoms with Crippen LogP contribution >= 0.6 is 0 Å². The van der Waals surface area contributed by atoms with Gasteiger partial charge in [-0.15, -0.1) is 5.10 Å². The molecule has 1 amide bonds. The summed E-state index contributed by atoms with van der Waals surface area (Å²) in [5.74, 6) is -0.355. The summed E-state index contributed by atoms with van der Waals surface area (Å²) in [5.41, 5.74) is 7.09. The van der Waals surface area contributed by atoms with Crippen molar-refractivity contribution in [2.24, 2.45) is 5.73 Å². The average molecular weight is 290 g/mol. The van der Waals surface area contributed by atoms with Gasteiger partial charge in [0.25, 0.3) is 5.69 Å². The number of nitrogens with zero attached hydrogens (tertiary/aromatic N) is 4. The van der Waals surface area contributed by atoms with Crippen LogP contribution in [0, 0.1) is 17.0 Å². The quantitative estimate of drug-likeness (QED) is 0.612. The van der Waals surface area contributed by atoms with Crippen molar-refractivity contribution in [3.63, 3.8) is 0 Å². The van der Waals surface area contributed by atoms with Crippen LogP contribution in [0.25, 0.3) is 0 Å². The first kappa shape index (κ1) is 14.6. The van der Waals surface area contributed by atoms with E-state index in [0.717, 1.165) is 0 Å². The van der Waals surface area contributed by atoms with Gasteiger partial charge in [-0.1, -0.05) is 11.3 Å². The number of carbonyl (C=O) groups excluding carboxylic acids is 1. The lowest BCUT2D eigenvalue weighted by Crippen LogP contribution is -2.20. The molecule has 110 valence electrons. The summed E-state index contributed by atoms with van der Waals surface area (Å²) in [6.45, 7) is 1.97. The number of nitro groups is 1. The van der Waals surface area contributed by atoms with Crippen molar-refractivity contribution in [1.82, 2.24) is 15.0 Å². The molecule has 0 bridgehead atoms. The zero-order valence-corrected chi connectivity index (χ0v) is 11.3. The molecule has 0 unspecified atom stereocenters. The largest absolute Gasteiger partial charge is 0.325 e. The van der Waals surface area contributed by atoms with E-state index in [1.165, 1.54) is 22.9 Å². The number of rotatable bonds is 5. The highest BCUT2D eigenvalue weighted by Gasteiger charge is 2.12. The van der Waals surface area contributed by atoms with Gasteiger partial charge in [-0.25, -0.2) is 4.68 Å². The second-order valence-corrected chi connectivity index (χ2v) is 4.34. The molecular formula is C12H14N6O3. The number of hydrogen-bond acceptors (Lipinski definition) is 6. The third kappa shape index (κ3) is 3.39. The Morgan fingerprint density at radius 1 is 1.52 bits per heavy atom. The predicted molar refractivity (Wildman–Crippen MR) is 74.4 cm³/mol. The van der Waals surface area contributed by atoms with Crippen LogP contribution in [0.5, 0.6) is 0 Å². The van der Waals surface area contributed by atoms with Crippen LogP contribution in [-0.2, 0) is 17.9 Å². The van der Waals surface area contributed by atoms with Gasteiger partial charge >= 0.3 is 0 Å². The molecule has 0 spiro atoms. The second-order valence-electron chi connectivity index (χ2n) is 4.34. The number of nitrogens with two attached hydrogens (primary N) is 1. The van der Waals surface area contributed by atoms with E-state index < -0.39 is 4.92 Å². The maximum atomic E-state index is 11.9. The molecule has 1 aromatic heterocycles. The van der Waals surface area contributed by atoms with Gasteiger partial charge in [-0.05, 0) is 13.0 Å². The van der Waals surface area contributed by atoms with Crippen molar-refractivity contribution in [3.05, 3.63) is 45.8 Å². The molecule has 21 heavy (non-hydrogen) atoms. The number of anilines is 1. The minimum atomic E-state index is -0.523. The maximum absolute atomic E-state index is 11.9. The number of non-ortho nitro benzene ring substituents is 1. The van der Waals surface area contributed by atoms with E-state index in [4.69, 9.17) is 5.73 Å². The highest BCUT2D eigenvalue weighted by Crippen LogP contribution is 2.17. The zero-order valence-electron chi connectivity index (χ0n) is 11.3. The van der Waals surface area contributed by atoms with Gasteiger partial charge in [-0.3, -0.25) is 14.9 Å². The third-order valence-corrected chi connectivity index (χ3v) is 2.91. The molecule has 0 fully saturated rings. The Hall–Kier alpha value is -2.81. The molecule has 1 aromatic carbocycles. The number of carbonyl (C=O) groups is 1. The van der Waals surface area contributed by atoms with E-state index in [2.05, 4.69) is 15.6 Å². The van der Waals surface area contributed by atoms with Crippen LogP contribution in [0.3, 0.4) is 0 Å². The Balaban J connectivity index is 2.06. The lowest BCUT2D eigenvalue weighted by Gasteiger charge is -2.06. The van der Waals surface area contributed by atoms with Crippen molar-refractivity contribution in [2.75, 3.05) is 5.32 Å². The fourth-order valence-corrected chi connectivity index (χ4v) is 1.77. The summed E-state index contributed by atoms with van der Waals surface area (Å²) in [4.78, 5) is 22.1. The lowest BCUT2D eigenvalue weighted by molar-refractivity contribution is -0.384. The lowest BCUT2D eigenvalue weighted by atomic mass is 10.3. The summed E-state index contributed by atoms with van der Waals surface area (Å²) in [6, 6.07) is 5.72. The molecule has 3 N–H and O–H groups in total. The van der Waals surface area contributed by atoms with E-state index in [-0.39, 0.29) is 24.7 Å². The van der Waals surface area contributed by atoms with Crippen LogP contribution < -0.4 is 11.1 Å². The smallest absolute Gasteiger partial charge is 0.271 e. The number of nitro benzene ring substituents is 1. The van der Waals surface area contributed by atoms with Gasteiger partial charge in [0.05, 0.1) is 16.3 Å². The molecule has 0 saturated heterocycles. The number of aromatic nitrogens is 3. The normalized spacial score (nSPS) is 10.4. The summed E-state index contributed by atoms with van der Waals surface area (Å²) in [6.07, 6.45) is 0. The van der Waals surface area contributed by atoms with Crippen LogP contribution in [-0.4, -0.2) is 25.8 Å². The van der Waals surface area contributed by atoms with Gasteiger partial charge < -0.3 is 11.1 Å². The Labute approximate surface area is 119 Å². The Morgan fingerprint density at radius 3 is 2.90 bits per heavy atom. The number of benzene rings is 1. The van der Waals surface area contributed by atoms with Crippen molar-refractivity contribution in [1.29, 1.82) is 0 Å². The van der Waals surface area contributed by atoms with E-state index >= 15 is 0 Å². The van der Waals surface area contributed by atoms with Crippen molar-refractivity contribution in [2.45, 2.75) is 20.0 Å². The molecule has 9 nitrogen and oxygen atoms in total. The Bertz CT molecular complexity index is 681. The fraction of sp³-hybridized carbons (Fsp3) is 0.250. The summed E-state index contributed by atoms with van der Waals surface area (Å²) < 4.78 is 1.43. The molecule has 0 aliphatic carbocycles. The fourth-order valence-electron chi connectivity index (χ4n) is 1.77. The van der Waals surface area contributed by atoms with Gasteiger partial charge in [0.2, 0.25) is 5.91 Å². The first-order valence-electron chi connectivity index (χ1n) is 6.14. The maximum Gasteiger partial charge on any atom is 0.271 e. The van der Waals surface area contributed by atoms with E-state index in [1.54, 1.807) is 13.0 Å². The van der Waals surface area contributed by atoms with Gasteiger partial charge in [0, 0.05) is 24.4 Å². The van der Waals surface area contributed by atoms with E-state index in [0.29, 0.717) is 17.1 Å². The monoisotopic (exact) mass is 290 g/mol. The van der Waals surface area contributed by atoms with Crippen LogP contribution in [0.2, 0.25) is 0 Å². The first-order chi connectivity index (χ1) is 10.0. The first-order valence-corrected chi connectivity index (χ1v) is 6.14. The SMILES string of the molecule is Cc1c(CN)nnn1CC(=O)Nc1cccc([N+](=O)[O-])c1. The van der Waals surface area contributed by atoms with Crippen LogP contribution in [0.15, 0.2) is 24.3 Å². The Morgan fingerprint density at radius 2 is 2.29 bits per heavy atom. The molecule has 1 heterocycles. The van der Waals surface area contributed by atoms with E-state index in [9.17, 15) is 14.9 Å². The molecule has 2 rings (SSSR count). The topological polar surface area (TPSA) is 129 Å². The molecule has 0 atom stereocenters. The highest BCUT2D eigenvalue weighted by molar-refractivity contribution is 5.90. The van der Waals surface area contributed by atoms with E-state index in [1.807, 2.05) is 0 Å². The van der Waals surface area contributed by atoms with Crippen LogP contribution in [0.1, 0.15) is 11.4 Å². The zero-order chi connectivity index (χ0) is 15.4. The van der Waals surface area contributed by atoms with Gasteiger partial charge in [0.1, 0.15) is 6.54 Å². The van der Waals surface area contributed by atoms with Crippen molar-refractivity contribution < 1.29 is 9.72 Å². The minimum absolute atomic E-state index is 0.0402. The third-order valence-electron chi connectivity index (χ3n) is 2.91. The molecule has 0 radical (unpaired) electrons. The number of hydrogen-bond donors (Lipinski definition) is 2. The summed E-state index contributed by atoms with van der Waals surface area (Å²) >= 11 is 0. The molecule has 9 heteroatoms. The van der Waals surface area contributed by atoms with Crippen LogP contribution in [0.4, 0.5) is 11.4 Å². The van der Waals surface area contributed by atoms with Gasteiger partial charge in [0.15, 0.2) is 0 Å². The minimum Gasteiger partial charge on any atom is -0.325 e. The highest BCUT2D eigenvalue weighted by atomic mass is 16.6. The number of nitrogens with one attached hydrogen (secondary N) is 1. The molecule has 0 saturated carbocycles. The second kappa shape index (κ2) is 6.09. The predicted octanol–water partition coefficient (Wildman–Crippen LogP) is 0.592. The molecule has 2 aromatic rings. The molecular weight excluding hydrogens is 276 g/mol. The standard InChI is InChI=1S/C12H14N6O3/c1-8-11(6-13)15-16-17(8)7-12(19)14-9-3-2-4-10(5-9)18(20)21/h2-5H,6-7,13H2,1H3,(H,14,19). The van der Waals surface area contributed by atoms with Gasteiger partial charge in [-0.2, -0.15) is 0 Å². The Kier molecular flexibility index (Phi) is 4.24.